The number of benzene rings is 1. The highest BCUT2D eigenvalue weighted by Gasteiger charge is 2.16. The Bertz CT molecular complexity index is 929. The Kier molecular flexibility index (Phi) is 7.12. The summed E-state index contributed by atoms with van der Waals surface area (Å²) in [5.74, 6) is 0.129. The molecule has 0 unspecified atom stereocenters. The Balaban J connectivity index is 1.51. The summed E-state index contributed by atoms with van der Waals surface area (Å²) in [6.07, 6.45) is 0. The van der Waals surface area contributed by atoms with Crippen molar-refractivity contribution in [2.45, 2.75) is 4.34 Å². The molecule has 0 atom stereocenters. The van der Waals surface area contributed by atoms with E-state index in [0.717, 1.165) is 5.56 Å². The van der Waals surface area contributed by atoms with Crippen molar-refractivity contribution in [2.24, 2.45) is 0 Å². The molecule has 0 saturated heterocycles. The van der Waals surface area contributed by atoms with Gasteiger partial charge in [0.2, 0.25) is 11.0 Å². The Morgan fingerprint density at radius 3 is 2.86 bits per heavy atom. The number of amides is 2. The molecule has 0 bridgehead atoms. The zero-order valence-electron chi connectivity index (χ0n) is 14.9. The molecule has 2 aromatic heterocycles. The standard InChI is InChI=1S/C17H17N5O4S2/c1-25-8-7-18-14(23)10-27-17-21-20-16(28-17)19-15(24)12-9-13(26-22-12)11-5-3-2-4-6-11/h2-6,9H,7-8,10H2,1H3,(H,18,23)(H,19,20,24). The number of carbonyl (C=O) groups is 2. The van der Waals surface area contributed by atoms with Crippen molar-refractivity contribution in [1.82, 2.24) is 20.7 Å². The number of ether oxygens (including phenoxy) is 1. The van der Waals surface area contributed by atoms with Crippen molar-refractivity contribution in [3.8, 4) is 11.3 Å². The fraction of sp³-hybridized carbons (Fsp3) is 0.235. The number of aromatic nitrogens is 3. The average molecular weight is 419 g/mol. The summed E-state index contributed by atoms with van der Waals surface area (Å²) in [7, 11) is 1.57. The minimum atomic E-state index is -0.448. The smallest absolute Gasteiger partial charge is 0.279 e. The summed E-state index contributed by atoms with van der Waals surface area (Å²) in [5, 5.41) is 17.3. The lowest BCUT2D eigenvalue weighted by Gasteiger charge is -2.02. The molecule has 1 aromatic carbocycles. The average Bonchev–Trinajstić information content (AvgIpc) is 3.37. The largest absolute Gasteiger partial charge is 0.383 e. The topological polar surface area (TPSA) is 119 Å². The van der Waals surface area contributed by atoms with Crippen LogP contribution in [0.1, 0.15) is 10.5 Å². The quantitative estimate of drug-likeness (QED) is 0.308. The van der Waals surface area contributed by atoms with Gasteiger partial charge in [-0.05, 0) is 0 Å². The number of nitrogens with zero attached hydrogens (tertiary/aromatic N) is 3. The molecule has 9 nitrogen and oxygen atoms in total. The van der Waals surface area contributed by atoms with Crippen molar-refractivity contribution in [3.63, 3.8) is 0 Å². The molecule has 3 rings (SSSR count). The van der Waals surface area contributed by atoms with Crippen molar-refractivity contribution in [1.29, 1.82) is 0 Å². The molecule has 3 aromatic rings. The first-order chi connectivity index (χ1) is 13.7. The maximum atomic E-state index is 12.3. The van der Waals surface area contributed by atoms with Crippen LogP contribution in [0.3, 0.4) is 0 Å². The third-order valence-electron chi connectivity index (χ3n) is 3.38. The molecule has 0 radical (unpaired) electrons. The van der Waals surface area contributed by atoms with E-state index in [0.29, 0.717) is 28.4 Å². The van der Waals surface area contributed by atoms with E-state index in [4.69, 9.17) is 9.26 Å². The molecule has 0 aliphatic carbocycles. The Labute approximate surface area is 168 Å². The highest BCUT2D eigenvalue weighted by atomic mass is 32.2. The van der Waals surface area contributed by atoms with Crippen LogP contribution >= 0.6 is 23.1 Å². The van der Waals surface area contributed by atoms with Crippen LogP contribution in [0.15, 0.2) is 45.3 Å². The molecule has 2 N–H and O–H groups in total. The van der Waals surface area contributed by atoms with Gasteiger partial charge in [0.15, 0.2) is 15.8 Å². The van der Waals surface area contributed by atoms with Gasteiger partial charge in [0.05, 0.1) is 12.4 Å². The second-order valence-electron chi connectivity index (χ2n) is 5.40. The lowest BCUT2D eigenvalue weighted by atomic mass is 10.1. The molecule has 2 heterocycles. The molecule has 11 heteroatoms. The highest BCUT2D eigenvalue weighted by molar-refractivity contribution is 8.01. The number of thioether (sulfide) groups is 1. The normalized spacial score (nSPS) is 10.6. The summed E-state index contributed by atoms with van der Waals surface area (Å²) < 4.78 is 10.7. The molecular formula is C17H17N5O4S2. The van der Waals surface area contributed by atoms with Crippen LogP contribution in [0, 0.1) is 0 Å². The van der Waals surface area contributed by atoms with Crippen LogP contribution in [0.4, 0.5) is 5.13 Å². The van der Waals surface area contributed by atoms with Gasteiger partial charge in [0.25, 0.3) is 5.91 Å². The van der Waals surface area contributed by atoms with E-state index in [9.17, 15) is 9.59 Å². The summed E-state index contributed by atoms with van der Waals surface area (Å²) >= 11 is 2.41. The van der Waals surface area contributed by atoms with Crippen LogP contribution in [0.2, 0.25) is 0 Å². The van der Waals surface area contributed by atoms with E-state index < -0.39 is 5.91 Å². The van der Waals surface area contributed by atoms with Crippen molar-refractivity contribution in [3.05, 3.63) is 42.1 Å². The predicted molar refractivity (Wildman–Crippen MR) is 105 cm³/mol. The molecule has 0 fully saturated rings. The zero-order chi connectivity index (χ0) is 19.8. The minimum absolute atomic E-state index is 0.126. The van der Waals surface area contributed by atoms with Gasteiger partial charge < -0.3 is 14.6 Å². The van der Waals surface area contributed by atoms with Gasteiger partial charge in [-0.2, -0.15) is 0 Å². The van der Waals surface area contributed by atoms with Crippen LogP contribution in [-0.2, 0) is 9.53 Å². The van der Waals surface area contributed by atoms with Crippen molar-refractivity contribution >= 4 is 40.0 Å². The third kappa shape index (κ3) is 5.62. The second-order valence-corrected chi connectivity index (χ2v) is 7.60. The maximum absolute atomic E-state index is 12.3. The molecule has 146 valence electrons. The van der Waals surface area contributed by atoms with E-state index >= 15 is 0 Å². The van der Waals surface area contributed by atoms with E-state index in [2.05, 4.69) is 26.0 Å². The van der Waals surface area contributed by atoms with Crippen LogP contribution in [-0.4, -0.2) is 53.2 Å². The van der Waals surface area contributed by atoms with Crippen LogP contribution in [0.5, 0.6) is 0 Å². The molecule has 0 saturated carbocycles. The summed E-state index contributed by atoms with van der Waals surface area (Å²) in [4.78, 5) is 24.0. The SMILES string of the molecule is COCCNC(=O)CSc1nnc(NC(=O)c2cc(-c3ccccc3)on2)s1. The van der Waals surface area contributed by atoms with E-state index in [1.54, 1.807) is 13.2 Å². The van der Waals surface area contributed by atoms with Gasteiger partial charge in [0, 0.05) is 25.3 Å². The van der Waals surface area contributed by atoms with E-state index in [1.165, 1.54) is 23.1 Å². The third-order valence-corrected chi connectivity index (χ3v) is 5.36. The van der Waals surface area contributed by atoms with Crippen molar-refractivity contribution < 1.29 is 18.8 Å². The van der Waals surface area contributed by atoms with Gasteiger partial charge in [-0.25, -0.2) is 0 Å². The summed E-state index contributed by atoms with van der Waals surface area (Å²) in [5.41, 5.74) is 0.966. The first-order valence-corrected chi connectivity index (χ1v) is 10.0. The van der Waals surface area contributed by atoms with Gasteiger partial charge >= 0.3 is 0 Å². The second kappa shape index (κ2) is 9.97. The number of rotatable bonds is 9. The Hall–Kier alpha value is -2.76. The predicted octanol–water partition coefficient (Wildman–Crippen LogP) is 2.30. The number of hydrogen-bond acceptors (Lipinski definition) is 9. The number of methoxy groups -OCH3 is 1. The molecule has 0 aliphatic heterocycles. The molecule has 2 amide bonds. The molecule has 28 heavy (non-hydrogen) atoms. The van der Waals surface area contributed by atoms with Gasteiger partial charge in [-0.15, -0.1) is 10.2 Å². The number of carbonyl (C=O) groups excluding carboxylic acids is 2. The van der Waals surface area contributed by atoms with Gasteiger partial charge in [-0.1, -0.05) is 58.6 Å². The first kappa shape index (κ1) is 20.0. The van der Waals surface area contributed by atoms with Gasteiger partial charge in [-0.3, -0.25) is 14.9 Å². The fourth-order valence-electron chi connectivity index (χ4n) is 2.07. The molecule has 0 aliphatic rings. The number of anilines is 1. The van der Waals surface area contributed by atoms with E-state index in [1.807, 2.05) is 30.3 Å². The first-order valence-electron chi connectivity index (χ1n) is 8.21. The monoisotopic (exact) mass is 419 g/mol. The lowest BCUT2D eigenvalue weighted by Crippen LogP contribution is -2.28. The van der Waals surface area contributed by atoms with Gasteiger partial charge in [0.1, 0.15) is 0 Å². The van der Waals surface area contributed by atoms with E-state index in [-0.39, 0.29) is 17.4 Å². The Morgan fingerprint density at radius 2 is 2.07 bits per heavy atom. The van der Waals surface area contributed by atoms with Crippen LogP contribution < -0.4 is 10.6 Å². The van der Waals surface area contributed by atoms with Crippen LogP contribution in [0.25, 0.3) is 11.3 Å². The zero-order valence-corrected chi connectivity index (χ0v) is 16.5. The lowest BCUT2D eigenvalue weighted by molar-refractivity contribution is -0.118. The molecular weight excluding hydrogens is 402 g/mol. The molecule has 0 spiro atoms. The summed E-state index contributed by atoms with van der Waals surface area (Å²) in [6, 6.07) is 10.9. The number of hydrogen-bond donors (Lipinski definition) is 2. The van der Waals surface area contributed by atoms with Crippen molar-refractivity contribution in [2.75, 3.05) is 31.3 Å². The maximum Gasteiger partial charge on any atom is 0.279 e. The highest BCUT2D eigenvalue weighted by Crippen LogP contribution is 2.26. The minimum Gasteiger partial charge on any atom is -0.383 e. The number of nitrogens with one attached hydrogen (secondary N) is 2. The fourth-order valence-corrected chi connectivity index (χ4v) is 3.65. The summed E-state index contributed by atoms with van der Waals surface area (Å²) in [6.45, 7) is 0.912. The Morgan fingerprint density at radius 1 is 1.25 bits per heavy atom.